The van der Waals surface area contributed by atoms with Crippen LogP contribution in [-0.4, -0.2) is 52.2 Å². The molecule has 406 valence electrons. The van der Waals surface area contributed by atoms with Gasteiger partial charge in [-0.1, -0.05) is 247 Å². The van der Waals surface area contributed by atoms with E-state index in [1.807, 2.05) is 6.20 Å². The number of carbonyl (C=O) groups is 2. The molecule has 0 bridgehead atoms. The molecule has 0 aliphatic carbocycles. The standard InChI is InChI=1S/C62H119N3O4/c1-7-12-17-20-21-22-23-24-25-30-35-42-52-65(54-60-63-51-53-64(60)6)59(47-38-31-26-28-33-40-49-61(66)68-55-57(43-15-10-4)45-36-18-13-8-2)48-39-32-27-29-34-41-50-62(67)69-56-58(44-16-11-5)46-37-19-14-9-3/h51,53,57-59H,7-50,52,54-56H2,1-6H3. The van der Waals surface area contributed by atoms with Gasteiger partial charge >= 0.3 is 11.9 Å². The van der Waals surface area contributed by atoms with E-state index in [1.54, 1.807) is 0 Å². The third-order valence-corrected chi connectivity index (χ3v) is 15.2. The molecule has 1 heterocycles. The van der Waals surface area contributed by atoms with Crippen molar-refractivity contribution in [2.75, 3.05) is 19.8 Å². The average molecular weight is 971 g/mol. The lowest BCUT2D eigenvalue weighted by Crippen LogP contribution is -2.36. The summed E-state index contributed by atoms with van der Waals surface area (Å²) in [5, 5.41) is 0. The zero-order chi connectivity index (χ0) is 50.1. The van der Waals surface area contributed by atoms with Gasteiger partial charge in [-0.15, -0.1) is 0 Å². The lowest BCUT2D eigenvalue weighted by Gasteiger charge is -2.32. The van der Waals surface area contributed by atoms with Crippen LogP contribution in [0.4, 0.5) is 0 Å². The highest BCUT2D eigenvalue weighted by Crippen LogP contribution is 2.24. The lowest BCUT2D eigenvalue weighted by molar-refractivity contribution is -0.146. The molecular weight excluding hydrogens is 851 g/mol. The second kappa shape index (κ2) is 49.7. The highest BCUT2D eigenvalue weighted by molar-refractivity contribution is 5.69. The van der Waals surface area contributed by atoms with Gasteiger partial charge in [0.1, 0.15) is 5.82 Å². The summed E-state index contributed by atoms with van der Waals surface area (Å²) in [5.41, 5.74) is 0. The molecule has 69 heavy (non-hydrogen) atoms. The van der Waals surface area contributed by atoms with Crippen molar-refractivity contribution in [1.82, 2.24) is 14.5 Å². The third-order valence-electron chi connectivity index (χ3n) is 15.2. The van der Waals surface area contributed by atoms with Crippen LogP contribution in [0.2, 0.25) is 0 Å². The lowest BCUT2D eigenvalue weighted by atomic mass is 9.96. The number of esters is 2. The molecular formula is C62H119N3O4. The molecule has 0 saturated carbocycles. The number of rotatable bonds is 54. The largest absolute Gasteiger partial charge is 0.465 e. The van der Waals surface area contributed by atoms with E-state index >= 15 is 0 Å². The van der Waals surface area contributed by atoms with Crippen LogP contribution >= 0.6 is 0 Å². The summed E-state index contributed by atoms with van der Waals surface area (Å²) >= 11 is 0. The Morgan fingerprint density at radius 1 is 0.449 bits per heavy atom. The van der Waals surface area contributed by atoms with Gasteiger partial charge in [0.25, 0.3) is 0 Å². The molecule has 1 aromatic heterocycles. The Morgan fingerprint density at radius 3 is 1.17 bits per heavy atom. The molecule has 0 amide bonds. The van der Waals surface area contributed by atoms with Crippen molar-refractivity contribution in [1.29, 1.82) is 0 Å². The van der Waals surface area contributed by atoms with Crippen LogP contribution in [0.3, 0.4) is 0 Å². The monoisotopic (exact) mass is 970 g/mol. The first kappa shape index (κ1) is 65.1. The Bertz CT molecular complexity index is 1180. The molecule has 1 rings (SSSR count). The molecule has 2 unspecified atom stereocenters. The van der Waals surface area contributed by atoms with Crippen molar-refractivity contribution >= 4 is 11.9 Å². The molecule has 0 fully saturated rings. The van der Waals surface area contributed by atoms with E-state index in [9.17, 15) is 9.59 Å². The van der Waals surface area contributed by atoms with Crippen molar-refractivity contribution in [2.24, 2.45) is 18.9 Å². The van der Waals surface area contributed by atoms with Crippen LogP contribution in [0, 0.1) is 11.8 Å². The van der Waals surface area contributed by atoms with Gasteiger partial charge < -0.3 is 14.0 Å². The smallest absolute Gasteiger partial charge is 0.305 e. The van der Waals surface area contributed by atoms with E-state index in [1.165, 1.54) is 250 Å². The van der Waals surface area contributed by atoms with E-state index in [0.717, 1.165) is 38.8 Å². The second-order valence-electron chi connectivity index (χ2n) is 21.9. The number of aryl methyl sites for hydroxylation is 1. The first-order valence-corrected chi connectivity index (χ1v) is 30.9. The molecule has 0 spiro atoms. The number of nitrogens with zero attached hydrogens (tertiary/aromatic N) is 3. The summed E-state index contributed by atoms with van der Waals surface area (Å²) < 4.78 is 13.9. The van der Waals surface area contributed by atoms with Gasteiger partial charge in [-0.2, -0.15) is 0 Å². The number of hydrogen-bond acceptors (Lipinski definition) is 6. The summed E-state index contributed by atoms with van der Waals surface area (Å²) in [6.07, 6.45) is 58.5. The van der Waals surface area contributed by atoms with E-state index in [2.05, 4.69) is 57.3 Å². The Morgan fingerprint density at radius 2 is 0.783 bits per heavy atom. The maximum Gasteiger partial charge on any atom is 0.305 e. The Kier molecular flexibility index (Phi) is 46.9. The molecule has 0 aromatic carbocycles. The quantitative estimate of drug-likeness (QED) is 0.0478. The number of unbranched alkanes of at least 4 members (excludes halogenated alkanes) is 29. The van der Waals surface area contributed by atoms with Crippen LogP contribution in [0.5, 0.6) is 0 Å². The maximum atomic E-state index is 12.7. The SMILES string of the molecule is CCCCCCCCCCCCCCN(Cc1nccn1C)C(CCCCCCCCC(=O)OCC(CCCC)CCCCCC)CCCCCCCCC(=O)OCC(CCCC)CCCCCC. The molecule has 0 N–H and O–H groups in total. The number of hydrogen-bond donors (Lipinski definition) is 0. The molecule has 7 nitrogen and oxygen atoms in total. The minimum Gasteiger partial charge on any atom is -0.465 e. The van der Waals surface area contributed by atoms with Gasteiger partial charge in [-0.25, -0.2) is 4.98 Å². The Balaban J connectivity index is 2.63. The van der Waals surface area contributed by atoms with Crippen LogP contribution in [0.25, 0.3) is 0 Å². The van der Waals surface area contributed by atoms with Crippen molar-refractivity contribution in [3.8, 4) is 0 Å². The van der Waals surface area contributed by atoms with Gasteiger partial charge in [0, 0.05) is 38.3 Å². The summed E-state index contributed by atoms with van der Waals surface area (Å²) in [4.78, 5) is 32.9. The molecule has 7 heteroatoms. The zero-order valence-electron chi connectivity index (χ0n) is 47.3. The van der Waals surface area contributed by atoms with E-state index < -0.39 is 0 Å². The predicted octanol–water partition coefficient (Wildman–Crippen LogP) is 19.2. The van der Waals surface area contributed by atoms with E-state index in [0.29, 0.717) is 43.9 Å². The fourth-order valence-corrected chi connectivity index (χ4v) is 10.4. The van der Waals surface area contributed by atoms with Gasteiger partial charge in [-0.3, -0.25) is 14.5 Å². The minimum atomic E-state index is 0.0171. The first-order chi connectivity index (χ1) is 33.9. The van der Waals surface area contributed by atoms with Gasteiger partial charge in [0.05, 0.1) is 19.8 Å². The normalized spacial score (nSPS) is 13.0. The van der Waals surface area contributed by atoms with Crippen molar-refractivity contribution in [3.63, 3.8) is 0 Å². The predicted molar refractivity (Wildman–Crippen MR) is 298 cm³/mol. The number of imidazole rings is 1. The van der Waals surface area contributed by atoms with Crippen LogP contribution < -0.4 is 0 Å². The fraction of sp³-hybridized carbons (Fsp3) is 0.919. The summed E-state index contributed by atoms with van der Waals surface area (Å²) in [5.74, 6) is 2.29. The maximum absolute atomic E-state index is 12.7. The summed E-state index contributed by atoms with van der Waals surface area (Å²) in [6.45, 7) is 14.7. The van der Waals surface area contributed by atoms with Crippen LogP contribution in [0.15, 0.2) is 12.4 Å². The highest BCUT2D eigenvalue weighted by Gasteiger charge is 2.20. The van der Waals surface area contributed by atoms with Gasteiger partial charge in [0.2, 0.25) is 0 Å². The molecule has 0 aliphatic rings. The Labute approximate surface area is 430 Å². The van der Waals surface area contributed by atoms with Crippen LogP contribution in [0.1, 0.15) is 323 Å². The molecule has 0 aliphatic heterocycles. The molecule has 2 atom stereocenters. The van der Waals surface area contributed by atoms with E-state index in [-0.39, 0.29) is 11.9 Å². The first-order valence-electron chi connectivity index (χ1n) is 30.9. The molecule has 1 aromatic rings. The molecule has 0 saturated heterocycles. The van der Waals surface area contributed by atoms with E-state index in [4.69, 9.17) is 14.5 Å². The minimum absolute atomic E-state index is 0.0171. The van der Waals surface area contributed by atoms with Crippen molar-refractivity contribution < 1.29 is 19.1 Å². The molecule has 0 radical (unpaired) electrons. The highest BCUT2D eigenvalue weighted by atomic mass is 16.5. The number of carbonyl (C=O) groups excluding carboxylic acids is 2. The van der Waals surface area contributed by atoms with Crippen molar-refractivity contribution in [2.45, 2.75) is 330 Å². The topological polar surface area (TPSA) is 73.7 Å². The van der Waals surface area contributed by atoms with Crippen molar-refractivity contribution in [3.05, 3.63) is 18.2 Å². The zero-order valence-corrected chi connectivity index (χ0v) is 47.3. The summed E-state index contributed by atoms with van der Waals surface area (Å²) in [7, 11) is 2.15. The number of ether oxygens (including phenoxy) is 2. The number of aromatic nitrogens is 2. The summed E-state index contributed by atoms with van der Waals surface area (Å²) in [6, 6.07) is 0.583. The average Bonchev–Trinajstić information content (AvgIpc) is 3.76. The van der Waals surface area contributed by atoms with Gasteiger partial charge in [0.15, 0.2) is 0 Å². The third kappa shape index (κ3) is 40.3. The van der Waals surface area contributed by atoms with Crippen LogP contribution in [-0.2, 0) is 32.7 Å². The van der Waals surface area contributed by atoms with Gasteiger partial charge in [-0.05, 0) is 76.2 Å². The fourth-order valence-electron chi connectivity index (χ4n) is 10.4. The Hall–Kier alpha value is -1.89. The second-order valence-corrected chi connectivity index (χ2v) is 21.9.